The Morgan fingerprint density at radius 1 is 1.21 bits per heavy atom. The summed E-state index contributed by atoms with van der Waals surface area (Å²) in [5, 5.41) is 3.23. The van der Waals surface area contributed by atoms with Gasteiger partial charge in [-0.05, 0) is 30.2 Å². The molecule has 0 saturated heterocycles. The maximum Gasteiger partial charge on any atom is 0.131 e. The summed E-state index contributed by atoms with van der Waals surface area (Å²) in [7, 11) is 1.53. The lowest BCUT2D eigenvalue weighted by Crippen LogP contribution is -2.14. The molecule has 0 radical (unpaired) electrons. The van der Waals surface area contributed by atoms with E-state index in [2.05, 4.69) is 10.3 Å². The predicted octanol–water partition coefficient (Wildman–Crippen LogP) is 2.83. The van der Waals surface area contributed by atoms with E-state index in [0.29, 0.717) is 24.4 Å². The van der Waals surface area contributed by atoms with E-state index in [4.69, 9.17) is 4.74 Å². The molecule has 1 aromatic carbocycles. The highest BCUT2D eigenvalue weighted by Gasteiger charge is 2.04. The fourth-order valence-corrected chi connectivity index (χ4v) is 1.83. The topological polar surface area (TPSA) is 34.1 Å². The Morgan fingerprint density at radius 3 is 2.68 bits per heavy atom. The third-order valence-electron chi connectivity index (χ3n) is 3.03. The van der Waals surface area contributed by atoms with Crippen LogP contribution in [0.15, 0.2) is 36.7 Å². The Labute approximate surface area is 112 Å². The summed E-state index contributed by atoms with van der Waals surface area (Å²) >= 11 is 0. The molecule has 19 heavy (non-hydrogen) atoms. The molecule has 2 rings (SSSR count). The van der Waals surface area contributed by atoms with Crippen LogP contribution >= 0.6 is 0 Å². The normalized spacial score (nSPS) is 10.5. The third kappa shape index (κ3) is 3.51. The molecule has 2 aromatic rings. The molecule has 0 amide bonds. The van der Waals surface area contributed by atoms with Crippen molar-refractivity contribution in [3.05, 3.63) is 59.2 Å². The van der Waals surface area contributed by atoms with Crippen molar-refractivity contribution in [2.45, 2.75) is 20.0 Å². The second kappa shape index (κ2) is 6.29. The van der Waals surface area contributed by atoms with Gasteiger partial charge in [0.25, 0.3) is 0 Å². The largest absolute Gasteiger partial charge is 0.497 e. The maximum absolute atomic E-state index is 13.7. The van der Waals surface area contributed by atoms with Crippen LogP contribution < -0.4 is 10.1 Å². The number of nitrogens with one attached hydrogen (secondary N) is 1. The molecule has 0 atom stereocenters. The number of hydrogen-bond acceptors (Lipinski definition) is 3. The van der Waals surface area contributed by atoms with Gasteiger partial charge >= 0.3 is 0 Å². The molecule has 0 saturated carbocycles. The quantitative estimate of drug-likeness (QED) is 0.897. The summed E-state index contributed by atoms with van der Waals surface area (Å²) in [5.74, 6) is 0.282. The lowest BCUT2D eigenvalue weighted by atomic mass is 10.1. The number of hydrogen-bond donors (Lipinski definition) is 1. The van der Waals surface area contributed by atoms with E-state index in [-0.39, 0.29) is 5.82 Å². The highest BCUT2D eigenvalue weighted by atomic mass is 19.1. The number of halogens is 1. The average Bonchev–Trinajstić information content (AvgIpc) is 2.42. The number of nitrogens with zero attached hydrogens (tertiary/aromatic N) is 1. The van der Waals surface area contributed by atoms with Crippen molar-refractivity contribution in [3.63, 3.8) is 0 Å². The molecule has 100 valence electrons. The first-order chi connectivity index (χ1) is 9.20. The number of pyridine rings is 1. The fourth-order valence-electron chi connectivity index (χ4n) is 1.83. The van der Waals surface area contributed by atoms with E-state index in [1.165, 1.54) is 18.7 Å². The van der Waals surface area contributed by atoms with Gasteiger partial charge in [0, 0.05) is 37.1 Å². The van der Waals surface area contributed by atoms with Crippen LogP contribution in [-0.4, -0.2) is 12.1 Å². The van der Waals surface area contributed by atoms with Crippen LogP contribution in [0.25, 0.3) is 0 Å². The zero-order chi connectivity index (χ0) is 13.7. The zero-order valence-electron chi connectivity index (χ0n) is 11.1. The minimum atomic E-state index is -0.252. The van der Waals surface area contributed by atoms with Gasteiger partial charge in [-0.1, -0.05) is 6.07 Å². The SMILES string of the molecule is COc1ccc(CNCc2ccncc2C)c(F)c1. The van der Waals surface area contributed by atoms with Crippen molar-refractivity contribution in [1.29, 1.82) is 0 Å². The molecule has 1 aromatic heterocycles. The van der Waals surface area contributed by atoms with Crippen LogP contribution in [0.5, 0.6) is 5.75 Å². The van der Waals surface area contributed by atoms with E-state index >= 15 is 0 Å². The molecule has 3 nitrogen and oxygen atoms in total. The number of aryl methyl sites for hydroxylation is 1. The van der Waals surface area contributed by atoms with Crippen molar-refractivity contribution >= 4 is 0 Å². The van der Waals surface area contributed by atoms with E-state index in [9.17, 15) is 4.39 Å². The number of rotatable bonds is 5. The van der Waals surface area contributed by atoms with Gasteiger partial charge in [-0.2, -0.15) is 0 Å². The zero-order valence-corrected chi connectivity index (χ0v) is 11.1. The van der Waals surface area contributed by atoms with Crippen molar-refractivity contribution in [3.8, 4) is 5.75 Å². The first kappa shape index (κ1) is 13.5. The minimum Gasteiger partial charge on any atom is -0.497 e. The summed E-state index contributed by atoms with van der Waals surface area (Å²) in [6.45, 7) is 3.19. The van der Waals surface area contributed by atoms with E-state index in [1.807, 2.05) is 19.2 Å². The Bertz CT molecular complexity index is 558. The molecule has 0 fully saturated rings. The predicted molar refractivity (Wildman–Crippen MR) is 72.5 cm³/mol. The molecule has 0 bridgehead atoms. The molecular formula is C15H17FN2O. The van der Waals surface area contributed by atoms with Gasteiger partial charge in [0.1, 0.15) is 11.6 Å². The summed E-state index contributed by atoms with van der Waals surface area (Å²) in [4.78, 5) is 4.04. The van der Waals surface area contributed by atoms with E-state index < -0.39 is 0 Å². The summed E-state index contributed by atoms with van der Waals surface area (Å²) in [5.41, 5.74) is 2.93. The number of aromatic nitrogens is 1. The Hall–Kier alpha value is -1.94. The van der Waals surface area contributed by atoms with Gasteiger partial charge in [0.2, 0.25) is 0 Å². The number of benzene rings is 1. The summed E-state index contributed by atoms with van der Waals surface area (Å²) in [6.07, 6.45) is 3.59. The molecule has 0 unspecified atom stereocenters. The molecule has 0 aliphatic carbocycles. The van der Waals surface area contributed by atoms with Crippen LogP contribution in [0.3, 0.4) is 0 Å². The standard InChI is InChI=1S/C15H17FN2O/c1-11-8-17-6-5-12(11)9-18-10-13-3-4-14(19-2)7-15(13)16/h3-8,18H,9-10H2,1-2H3. The van der Waals surface area contributed by atoms with Crippen LogP contribution in [-0.2, 0) is 13.1 Å². The second-order valence-corrected chi connectivity index (χ2v) is 4.36. The average molecular weight is 260 g/mol. The number of methoxy groups -OCH3 is 1. The van der Waals surface area contributed by atoms with Crippen LogP contribution in [0.4, 0.5) is 4.39 Å². The van der Waals surface area contributed by atoms with Gasteiger partial charge in [-0.3, -0.25) is 4.98 Å². The second-order valence-electron chi connectivity index (χ2n) is 4.36. The lowest BCUT2D eigenvalue weighted by Gasteiger charge is -2.09. The van der Waals surface area contributed by atoms with E-state index in [0.717, 1.165) is 5.56 Å². The third-order valence-corrected chi connectivity index (χ3v) is 3.03. The number of ether oxygens (including phenoxy) is 1. The van der Waals surface area contributed by atoms with Gasteiger partial charge in [-0.15, -0.1) is 0 Å². The minimum absolute atomic E-state index is 0.252. The van der Waals surface area contributed by atoms with Gasteiger partial charge < -0.3 is 10.1 Å². The Kier molecular flexibility index (Phi) is 4.47. The molecule has 0 spiro atoms. The molecule has 0 aliphatic rings. The Balaban J connectivity index is 1.94. The first-order valence-electron chi connectivity index (χ1n) is 6.13. The molecule has 0 aliphatic heterocycles. The van der Waals surface area contributed by atoms with Crippen LogP contribution in [0.1, 0.15) is 16.7 Å². The Morgan fingerprint density at radius 2 is 2.00 bits per heavy atom. The van der Waals surface area contributed by atoms with Crippen molar-refractivity contribution in [1.82, 2.24) is 10.3 Å². The summed E-state index contributed by atoms with van der Waals surface area (Å²) in [6, 6.07) is 6.86. The monoisotopic (exact) mass is 260 g/mol. The molecular weight excluding hydrogens is 243 g/mol. The van der Waals surface area contributed by atoms with E-state index in [1.54, 1.807) is 18.3 Å². The van der Waals surface area contributed by atoms with Crippen molar-refractivity contribution in [2.75, 3.05) is 7.11 Å². The van der Waals surface area contributed by atoms with Gasteiger partial charge in [0.05, 0.1) is 7.11 Å². The molecule has 4 heteroatoms. The fraction of sp³-hybridized carbons (Fsp3) is 0.267. The van der Waals surface area contributed by atoms with Crippen molar-refractivity contribution in [2.24, 2.45) is 0 Å². The van der Waals surface area contributed by atoms with Crippen molar-refractivity contribution < 1.29 is 9.13 Å². The molecule has 1 N–H and O–H groups in total. The van der Waals surface area contributed by atoms with Crippen LogP contribution in [0.2, 0.25) is 0 Å². The van der Waals surface area contributed by atoms with Gasteiger partial charge in [-0.25, -0.2) is 4.39 Å². The van der Waals surface area contributed by atoms with Crippen LogP contribution in [0, 0.1) is 12.7 Å². The van der Waals surface area contributed by atoms with Gasteiger partial charge in [0.15, 0.2) is 0 Å². The highest BCUT2D eigenvalue weighted by Crippen LogP contribution is 2.16. The maximum atomic E-state index is 13.7. The highest BCUT2D eigenvalue weighted by molar-refractivity contribution is 5.29. The smallest absolute Gasteiger partial charge is 0.131 e. The molecule has 1 heterocycles. The first-order valence-corrected chi connectivity index (χ1v) is 6.13. The summed E-state index contributed by atoms with van der Waals surface area (Å²) < 4.78 is 18.7. The lowest BCUT2D eigenvalue weighted by molar-refractivity contribution is 0.410.